The summed E-state index contributed by atoms with van der Waals surface area (Å²) in [4.78, 5) is 2.69. The first-order valence-electron chi connectivity index (χ1n) is 8.84. The summed E-state index contributed by atoms with van der Waals surface area (Å²) in [5.41, 5.74) is 0.606. The Morgan fingerprint density at radius 2 is 2.09 bits per heavy atom. The van der Waals surface area contributed by atoms with Crippen LogP contribution in [-0.2, 0) is 9.47 Å². The van der Waals surface area contributed by atoms with Crippen LogP contribution in [0.25, 0.3) is 0 Å². The summed E-state index contributed by atoms with van der Waals surface area (Å²) in [6.45, 7) is 12.7. The fourth-order valence-electron chi connectivity index (χ4n) is 4.16. The Bertz CT molecular complexity index is 366. The van der Waals surface area contributed by atoms with Gasteiger partial charge in [0.15, 0.2) is 0 Å². The van der Waals surface area contributed by atoms with Gasteiger partial charge in [0.1, 0.15) is 0 Å². The molecule has 3 fully saturated rings. The van der Waals surface area contributed by atoms with E-state index in [1.807, 2.05) is 0 Å². The van der Waals surface area contributed by atoms with Gasteiger partial charge in [-0.3, -0.25) is 4.90 Å². The number of hydrogen-bond acceptors (Lipinski definition) is 5. The van der Waals surface area contributed by atoms with Crippen molar-refractivity contribution in [1.82, 2.24) is 10.2 Å². The molecular formula is C17H32N2O2S. The molecule has 0 bridgehead atoms. The highest BCUT2D eigenvalue weighted by atomic mass is 32.2. The molecule has 3 aliphatic rings. The number of nitrogens with zero attached hydrogens (tertiary/aromatic N) is 1. The van der Waals surface area contributed by atoms with E-state index in [1.54, 1.807) is 0 Å². The molecule has 22 heavy (non-hydrogen) atoms. The van der Waals surface area contributed by atoms with Crippen LogP contribution in [0.15, 0.2) is 0 Å². The van der Waals surface area contributed by atoms with E-state index < -0.39 is 0 Å². The summed E-state index contributed by atoms with van der Waals surface area (Å²) in [6.07, 6.45) is 2.90. The van der Waals surface area contributed by atoms with E-state index in [0.29, 0.717) is 17.7 Å². The molecule has 2 aliphatic heterocycles. The highest BCUT2D eigenvalue weighted by Crippen LogP contribution is 2.43. The van der Waals surface area contributed by atoms with Crippen molar-refractivity contribution in [3.8, 4) is 0 Å². The summed E-state index contributed by atoms with van der Waals surface area (Å²) < 4.78 is 11.4. The lowest BCUT2D eigenvalue weighted by Crippen LogP contribution is -2.65. The summed E-state index contributed by atoms with van der Waals surface area (Å²) in [5.74, 6) is 2.57. The lowest BCUT2D eigenvalue weighted by atomic mass is 9.64. The third-order valence-corrected chi connectivity index (χ3v) is 7.22. The van der Waals surface area contributed by atoms with Crippen molar-refractivity contribution in [1.29, 1.82) is 0 Å². The summed E-state index contributed by atoms with van der Waals surface area (Å²) in [5, 5.41) is 3.90. The zero-order valence-electron chi connectivity index (χ0n) is 14.4. The molecule has 1 N–H and O–H groups in total. The predicted molar refractivity (Wildman–Crippen MR) is 92.7 cm³/mol. The number of nitrogens with one attached hydrogen (secondary N) is 1. The van der Waals surface area contributed by atoms with Crippen LogP contribution in [0.1, 0.15) is 33.6 Å². The van der Waals surface area contributed by atoms with Crippen LogP contribution in [0, 0.1) is 5.41 Å². The van der Waals surface area contributed by atoms with Crippen molar-refractivity contribution in [2.75, 3.05) is 51.0 Å². The molecule has 4 nitrogen and oxygen atoms in total. The molecule has 2 saturated heterocycles. The van der Waals surface area contributed by atoms with Gasteiger partial charge in [-0.1, -0.05) is 13.8 Å². The molecule has 2 heterocycles. The number of thioether (sulfide) groups is 1. The van der Waals surface area contributed by atoms with Crippen LogP contribution in [0.4, 0.5) is 0 Å². The fraction of sp³-hybridized carbons (Fsp3) is 1.00. The molecule has 128 valence electrons. The van der Waals surface area contributed by atoms with Gasteiger partial charge in [0.05, 0.1) is 19.3 Å². The molecule has 0 unspecified atom stereocenters. The Labute approximate surface area is 139 Å². The molecule has 0 amide bonds. The Kier molecular flexibility index (Phi) is 5.40. The van der Waals surface area contributed by atoms with E-state index in [9.17, 15) is 0 Å². The van der Waals surface area contributed by atoms with Gasteiger partial charge in [0.2, 0.25) is 0 Å². The zero-order valence-corrected chi connectivity index (χ0v) is 15.2. The number of hydrogen-bond donors (Lipinski definition) is 1. The van der Waals surface area contributed by atoms with E-state index in [-0.39, 0.29) is 5.41 Å². The molecule has 0 aromatic rings. The Morgan fingerprint density at radius 3 is 2.68 bits per heavy atom. The second kappa shape index (κ2) is 6.98. The Hall–Kier alpha value is 0.190. The van der Waals surface area contributed by atoms with Crippen molar-refractivity contribution >= 4 is 11.8 Å². The first-order valence-corrected chi connectivity index (χ1v) is 9.99. The topological polar surface area (TPSA) is 33.7 Å². The first-order chi connectivity index (χ1) is 10.6. The van der Waals surface area contributed by atoms with E-state index in [2.05, 4.69) is 42.7 Å². The maximum absolute atomic E-state index is 5.87. The summed E-state index contributed by atoms with van der Waals surface area (Å²) in [6, 6.07) is 0.590. The third-order valence-electron chi connectivity index (χ3n) is 5.99. The molecule has 3 atom stereocenters. The van der Waals surface area contributed by atoms with Gasteiger partial charge < -0.3 is 14.8 Å². The zero-order chi connectivity index (χ0) is 15.6. The molecule has 0 radical (unpaired) electrons. The van der Waals surface area contributed by atoms with E-state index in [4.69, 9.17) is 9.47 Å². The van der Waals surface area contributed by atoms with Crippen molar-refractivity contribution in [2.24, 2.45) is 5.41 Å². The minimum absolute atomic E-state index is 0.258. The monoisotopic (exact) mass is 328 g/mol. The number of morpholine rings is 1. The summed E-state index contributed by atoms with van der Waals surface area (Å²) >= 11 is 2.11. The third kappa shape index (κ3) is 3.20. The molecule has 3 rings (SSSR count). The van der Waals surface area contributed by atoms with E-state index >= 15 is 0 Å². The quantitative estimate of drug-likeness (QED) is 0.806. The van der Waals surface area contributed by atoms with E-state index in [0.717, 1.165) is 45.9 Å². The van der Waals surface area contributed by atoms with Crippen LogP contribution in [0.3, 0.4) is 0 Å². The molecule has 0 aromatic heterocycles. The molecule has 0 spiro atoms. The minimum Gasteiger partial charge on any atom is -0.379 e. The van der Waals surface area contributed by atoms with Crippen molar-refractivity contribution < 1.29 is 9.47 Å². The first kappa shape index (κ1) is 17.0. The van der Waals surface area contributed by atoms with Gasteiger partial charge >= 0.3 is 0 Å². The summed E-state index contributed by atoms with van der Waals surface area (Å²) in [7, 11) is 0. The van der Waals surface area contributed by atoms with Crippen molar-refractivity contribution in [3.63, 3.8) is 0 Å². The van der Waals surface area contributed by atoms with Crippen LogP contribution < -0.4 is 5.32 Å². The van der Waals surface area contributed by atoms with Gasteiger partial charge in [-0.15, -0.1) is 0 Å². The average Bonchev–Trinajstić information content (AvgIpc) is 3.01. The van der Waals surface area contributed by atoms with Gasteiger partial charge in [-0.25, -0.2) is 0 Å². The molecule has 0 aromatic carbocycles. The molecule has 1 saturated carbocycles. The predicted octanol–water partition coefficient (Wildman–Crippen LogP) is 1.99. The largest absolute Gasteiger partial charge is 0.379 e. The highest BCUT2D eigenvalue weighted by molar-refractivity contribution is 7.99. The van der Waals surface area contributed by atoms with Gasteiger partial charge in [-0.05, 0) is 25.5 Å². The van der Waals surface area contributed by atoms with Crippen LogP contribution in [-0.4, -0.2) is 73.5 Å². The normalized spacial score (nSPS) is 38.9. The van der Waals surface area contributed by atoms with Crippen molar-refractivity contribution in [2.45, 2.75) is 51.3 Å². The fourth-order valence-corrected chi connectivity index (χ4v) is 5.64. The standard InChI is InChI=1S/C17H32N2O2S/c1-4-21-15-11-14(16(15,2)3)18-12-17(5-10-22-13-17)19-6-8-20-9-7-19/h14-15,18H,4-13H2,1-3H3/t14-,15-,17-/m1/s1. The SMILES string of the molecule is CCO[C@@H]1C[C@@H](NC[C@]2(N3CCOCC3)CCSC2)C1(C)C. The lowest BCUT2D eigenvalue weighted by molar-refractivity contribution is -0.117. The smallest absolute Gasteiger partial charge is 0.0655 e. The van der Waals surface area contributed by atoms with Crippen LogP contribution in [0.5, 0.6) is 0 Å². The van der Waals surface area contributed by atoms with Crippen LogP contribution >= 0.6 is 11.8 Å². The van der Waals surface area contributed by atoms with Crippen LogP contribution in [0.2, 0.25) is 0 Å². The highest BCUT2D eigenvalue weighted by Gasteiger charge is 2.50. The van der Waals surface area contributed by atoms with Gasteiger partial charge in [-0.2, -0.15) is 11.8 Å². The average molecular weight is 329 g/mol. The minimum atomic E-state index is 0.258. The molecular weight excluding hydrogens is 296 g/mol. The lowest BCUT2D eigenvalue weighted by Gasteiger charge is -2.53. The van der Waals surface area contributed by atoms with Gasteiger partial charge in [0, 0.05) is 49.0 Å². The van der Waals surface area contributed by atoms with Gasteiger partial charge in [0.25, 0.3) is 0 Å². The Balaban J connectivity index is 1.56. The van der Waals surface area contributed by atoms with Crippen molar-refractivity contribution in [3.05, 3.63) is 0 Å². The molecule has 1 aliphatic carbocycles. The molecule has 5 heteroatoms. The number of rotatable bonds is 6. The maximum Gasteiger partial charge on any atom is 0.0655 e. The second-order valence-corrected chi connectivity index (χ2v) is 8.67. The second-order valence-electron chi connectivity index (χ2n) is 7.56. The Morgan fingerprint density at radius 1 is 1.32 bits per heavy atom. The number of ether oxygens (including phenoxy) is 2. The maximum atomic E-state index is 5.87. The van der Waals surface area contributed by atoms with E-state index in [1.165, 1.54) is 17.9 Å².